The Kier molecular flexibility index (Phi) is 8.60. The third kappa shape index (κ3) is 5.99. The molecule has 62 heavy (non-hydrogen) atoms. The highest BCUT2D eigenvalue weighted by Gasteiger charge is 2.36. The topological polar surface area (TPSA) is 32.3 Å². The smallest absolute Gasteiger partial charge is 0.138 e. The third-order valence-corrected chi connectivity index (χ3v) is 12.5. The zero-order chi connectivity index (χ0) is 41.0. The van der Waals surface area contributed by atoms with Crippen LogP contribution in [-0.2, 0) is 6.42 Å². The maximum Gasteiger partial charge on any atom is 0.138 e. The minimum absolute atomic E-state index is 0.163. The van der Waals surface area contributed by atoms with Gasteiger partial charge in [0.05, 0.1) is 22.8 Å². The lowest BCUT2D eigenvalue weighted by atomic mass is 9.73. The number of pyridine rings is 2. The Morgan fingerprint density at radius 3 is 1.71 bits per heavy atom. The molecule has 0 N–H and O–H groups in total. The van der Waals surface area contributed by atoms with E-state index in [1.165, 1.54) is 55.3 Å². The Morgan fingerprint density at radius 1 is 0.468 bits per heavy atom. The first-order valence-electron chi connectivity index (χ1n) is 21.3. The molecule has 2 aromatic heterocycles. The van der Waals surface area contributed by atoms with Gasteiger partial charge in [-0.2, -0.15) is 0 Å². The summed E-state index contributed by atoms with van der Waals surface area (Å²) in [6.45, 7) is 0. The van der Waals surface area contributed by atoms with Crippen LogP contribution in [-0.4, -0.2) is 16.0 Å². The van der Waals surface area contributed by atoms with Gasteiger partial charge in [-0.1, -0.05) is 152 Å². The van der Waals surface area contributed by atoms with Gasteiger partial charge in [0.2, 0.25) is 0 Å². The van der Waals surface area contributed by atoms with Gasteiger partial charge < -0.3 is 4.90 Å². The van der Waals surface area contributed by atoms with Gasteiger partial charge in [0.25, 0.3) is 0 Å². The van der Waals surface area contributed by atoms with E-state index < -0.39 is 0 Å². The van der Waals surface area contributed by atoms with Crippen LogP contribution in [0.1, 0.15) is 22.3 Å². The van der Waals surface area contributed by atoms with E-state index >= 15 is 0 Å². The van der Waals surface area contributed by atoms with Gasteiger partial charge in [0, 0.05) is 27.5 Å². The fourth-order valence-corrected chi connectivity index (χ4v) is 9.73. The second-order valence-corrected chi connectivity index (χ2v) is 16.1. The minimum atomic E-state index is -0.163. The molecular weight excluding hydrogens is 753 g/mol. The molecule has 0 amide bonds. The fraction of sp³-hybridized carbons (Fsp3) is 0.0345. The molecule has 12 rings (SSSR count). The average molecular weight is 793 g/mol. The van der Waals surface area contributed by atoms with Crippen LogP contribution in [0, 0.1) is 0 Å². The largest absolute Gasteiger partial charge is 0.315 e. The number of rotatable bonds is 8. The SMILES string of the molecule is C1=C(c2ccccc2)c2ccc3c(N(c4ccccc4)c4ccc5ccccc5n4)cc(-c4ccccc4)c4c3c2C(=CC4)C1N(c1ccccc1)c1ccc2ccccc2n1. The van der Waals surface area contributed by atoms with Crippen LogP contribution in [0.5, 0.6) is 0 Å². The lowest BCUT2D eigenvalue weighted by molar-refractivity contribution is 0.928. The molecule has 8 aromatic carbocycles. The lowest BCUT2D eigenvalue weighted by Gasteiger charge is -2.40. The van der Waals surface area contributed by atoms with E-state index in [9.17, 15) is 0 Å². The predicted octanol–water partition coefficient (Wildman–Crippen LogP) is 14.7. The molecule has 2 aliphatic rings. The number of anilines is 5. The standard InChI is InChI=1S/C58H40N4/c1-5-17-39(18-6-1)49-37-53(61(43-23-9-3-10-24-43)55-35-29-41-21-13-15-27-51(41)59-55)47-34-32-46-50(40-19-7-2-8-20-40)38-54(48-33-31-45(49)57(47)58(46)48)62(44-25-11-4-12-26-44)56-36-30-42-22-14-16-28-52(42)60-56/h1-31,33-38,53H,32H2. The summed E-state index contributed by atoms with van der Waals surface area (Å²) in [4.78, 5) is 15.5. The Bertz CT molecular complexity index is 3380. The number of hydrogen-bond donors (Lipinski definition) is 0. The third-order valence-electron chi connectivity index (χ3n) is 12.5. The zero-order valence-corrected chi connectivity index (χ0v) is 33.9. The first-order chi connectivity index (χ1) is 30.8. The number of fused-ring (bicyclic) bond motifs is 2. The molecule has 0 radical (unpaired) electrons. The Balaban J connectivity index is 1.17. The molecule has 4 nitrogen and oxygen atoms in total. The summed E-state index contributed by atoms with van der Waals surface area (Å²) in [5, 5.41) is 4.70. The van der Waals surface area contributed by atoms with E-state index in [0.717, 1.165) is 56.9 Å². The van der Waals surface area contributed by atoms with Gasteiger partial charge in [-0.05, 0) is 129 Å². The lowest BCUT2D eigenvalue weighted by Crippen LogP contribution is -2.34. The van der Waals surface area contributed by atoms with Gasteiger partial charge >= 0.3 is 0 Å². The van der Waals surface area contributed by atoms with E-state index in [-0.39, 0.29) is 6.04 Å². The van der Waals surface area contributed by atoms with Gasteiger partial charge in [0.15, 0.2) is 0 Å². The van der Waals surface area contributed by atoms with Crippen molar-refractivity contribution in [3.8, 4) is 11.1 Å². The number of para-hydroxylation sites is 4. The van der Waals surface area contributed by atoms with Crippen molar-refractivity contribution in [1.29, 1.82) is 0 Å². The Morgan fingerprint density at radius 2 is 1.03 bits per heavy atom. The quantitative estimate of drug-likeness (QED) is 0.153. The molecule has 0 bridgehead atoms. The van der Waals surface area contributed by atoms with Crippen LogP contribution in [0.3, 0.4) is 0 Å². The van der Waals surface area contributed by atoms with Crippen molar-refractivity contribution in [3.05, 3.63) is 247 Å². The number of allylic oxidation sites excluding steroid dienone is 1. The Hall–Kier alpha value is -8.08. The summed E-state index contributed by atoms with van der Waals surface area (Å²) in [6.07, 6.45) is 5.75. The molecule has 10 aromatic rings. The fourth-order valence-electron chi connectivity index (χ4n) is 9.73. The number of hydrogen-bond acceptors (Lipinski definition) is 4. The van der Waals surface area contributed by atoms with Gasteiger partial charge in [-0.15, -0.1) is 0 Å². The highest BCUT2D eigenvalue weighted by molar-refractivity contribution is 6.14. The predicted molar refractivity (Wildman–Crippen MR) is 259 cm³/mol. The first kappa shape index (κ1) is 35.8. The van der Waals surface area contributed by atoms with E-state index in [1.807, 2.05) is 0 Å². The molecular formula is C58H40N4. The summed E-state index contributed by atoms with van der Waals surface area (Å²) in [5.41, 5.74) is 15.1. The van der Waals surface area contributed by atoms with Crippen LogP contribution in [0.25, 0.3) is 54.9 Å². The molecule has 4 heteroatoms. The maximum atomic E-state index is 5.36. The van der Waals surface area contributed by atoms with E-state index in [1.54, 1.807) is 0 Å². The molecule has 0 saturated carbocycles. The second-order valence-electron chi connectivity index (χ2n) is 16.1. The van der Waals surface area contributed by atoms with Crippen LogP contribution in [0.2, 0.25) is 0 Å². The van der Waals surface area contributed by atoms with Crippen molar-refractivity contribution in [2.24, 2.45) is 0 Å². The maximum absolute atomic E-state index is 5.36. The zero-order valence-electron chi connectivity index (χ0n) is 33.9. The number of nitrogens with zero attached hydrogens (tertiary/aromatic N) is 4. The normalized spacial score (nSPS) is 14.1. The molecule has 0 saturated heterocycles. The highest BCUT2D eigenvalue weighted by Crippen LogP contribution is 2.53. The van der Waals surface area contributed by atoms with Crippen molar-refractivity contribution in [2.45, 2.75) is 12.5 Å². The van der Waals surface area contributed by atoms with E-state index in [0.29, 0.717) is 0 Å². The molecule has 1 unspecified atom stereocenters. The van der Waals surface area contributed by atoms with E-state index in [2.05, 4.69) is 234 Å². The van der Waals surface area contributed by atoms with Crippen molar-refractivity contribution in [1.82, 2.24) is 9.97 Å². The van der Waals surface area contributed by atoms with Crippen LogP contribution in [0.15, 0.2) is 224 Å². The highest BCUT2D eigenvalue weighted by atomic mass is 15.2. The Labute approximate surface area is 361 Å². The van der Waals surface area contributed by atoms with Crippen molar-refractivity contribution in [3.63, 3.8) is 0 Å². The van der Waals surface area contributed by atoms with Crippen LogP contribution >= 0.6 is 0 Å². The molecule has 0 spiro atoms. The average Bonchev–Trinajstić information content (AvgIpc) is 3.35. The van der Waals surface area contributed by atoms with Gasteiger partial charge in [-0.3, -0.25) is 4.90 Å². The second kappa shape index (κ2) is 14.9. The monoisotopic (exact) mass is 792 g/mol. The van der Waals surface area contributed by atoms with Crippen molar-refractivity contribution in [2.75, 3.05) is 9.80 Å². The molecule has 0 aliphatic heterocycles. The van der Waals surface area contributed by atoms with E-state index in [4.69, 9.17) is 9.97 Å². The van der Waals surface area contributed by atoms with Gasteiger partial charge in [-0.25, -0.2) is 9.97 Å². The molecule has 0 fully saturated rings. The van der Waals surface area contributed by atoms with Crippen molar-refractivity contribution < 1.29 is 0 Å². The van der Waals surface area contributed by atoms with Crippen molar-refractivity contribution >= 4 is 72.4 Å². The number of benzene rings is 8. The molecule has 292 valence electrons. The molecule has 2 aliphatic carbocycles. The van der Waals surface area contributed by atoms with Crippen LogP contribution in [0.4, 0.5) is 28.7 Å². The molecule has 2 heterocycles. The first-order valence-corrected chi connectivity index (χ1v) is 21.3. The summed E-state index contributed by atoms with van der Waals surface area (Å²) in [5.74, 6) is 1.77. The molecule has 1 atom stereocenters. The minimum Gasteiger partial charge on any atom is -0.315 e. The summed E-state index contributed by atoms with van der Waals surface area (Å²) < 4.78 is 0. The summed E-state index contributed by atoms with van der Waals surface area (Å²) in [7, 11) is 0. The number of aromatic nitrogens is 2. The van der Waals surface area contributed by atoms with Gasteiger partial charge in [0.1, 0.15) is 11.6 Å². The summed E-state index contributed by atoms with van der Waals surface area (Å²) in [6, 6.07) is 75.7. The summed E-state index contributed by atoms with van der Waals surface area (Å²) >= 11 is 0. The van der Waals surface area contributed by atoms with Crippen LogP contribution < -0.4 is 9.80 Å².